The summed E-state index contributed by atoms with van der Waals surface area (Å²) in [7, 11) is -9.92. The number of esters is 4. The fourth-order valence-electron chi connectivity index (χ4n) is 13.8. The summed E-state index contributed by atoms with van der Waals surface area (Å²) in [6.07, 6.45) is 75.2. The van der Waals surface area contributed by atoms with Crippen LogP contribution in [0.5, 0.6) is 0 Å². The number of carbonyl (C=O) groups is 4. The molecular formula is C88H172O17P2. The van der Waals surface area contributed by atoms with Gasteiger partial charge in [-0.25, -0.2) is 9.13 Å². The largest absolute Gasteiger partial charge is 0.472 e. The van der Waals surface area contributed by atoms with Crippen LogP contribution >= 0.6 is 15.6 Å². The molecule has 0 bridgehead atoms. The predicted molar refractivity (Wildman–Crippen MR) is 442 cm³/mol. The second-order valence-electron chi connectivity index (χ2n) is 32.1. The second kappa shape index (κ2) is 80.7. The van der Waals surface area contributed by atoms with Crippen molar-refractivity contribution in [2.45, 2.75) is 496 Å². The van der Waals surface area contributed by atoms with E-state index in [2.05, 4.69) is 34.6 Å². The fourth-order valence-corrected chi connectivity index (χ4v) is 15.4. The summed E-state index contributed by atoms with van der Waals surface area (Å²) in [5.41, 5.74) is 0. The van der Waals surface area contributed by atoms with Crippen molar-refractivity contribution in [3.63, 3.8) is 0 Å². The molecule has 0 radical (unpaired) electrons. The minimum absolute atomic E-state index is 0.109. The van der Waals surface area contributed by atoms with Crippen molar-refractivity contribution in [2.75, 3.05) is 39.6 Å². The Morgan fingerprint density at radius 2 is 0.430 bits per heavy atom. The molecule has 5 atom stereocenters. The van der Waals surface area contributed by atoms with Gasteiger partial charge in [0.25, 0.3) is 0 Å². The number of rotatable bonds is 88. The lowest BCUT2D eigenvalue weighted by Crippen LogP contribution is -2.30. The van der Waals surface area contributed by atoms with Crippen molar-refractivity contribution in [3.05, 3.63) is 0 Å². The lowest BCUT2D eigenvalue weighted by molar-refractivity contribution is -0.161. The molecule has 0 rings (SSSR count). The fraction of sp³-hybridized carbons (Fsp3) is 0.955. The topological polar surface area (TPSA) is 237 Å². The highest BCUT2D eigenvalue weighted by Crippen LogP contribution is 2.45. The molecule has 0 fully saturated rings. The molecule has 0 aromatic rings. The van der Waals surface area contributed by atoms with Crippen LogP contribution in [0.1, 0.15) is 478 Å². The van der Waals surface area contributed by atoms with Gasteiger partial charge < -0.3 is 33.8 Å². The van der Waals surface area contributed by atoms with Crippen LogP contribution in [0.2, 0.25) is 0 Å². The summed E-state index contributed by atoms with van der Waals surface area (Å²) in [5, 5.41) is 10.7. The van der Waals surface area contributed by atoms with Gasteiger partial charge in [0.05, 0.1) is 26.4 Å². The second-order valence-corrected chi connectivity index (χ2v) is 35.0. The van der Waals surface area contributed by atoms with E-state index in [9.17, 15) is 43.2 Å². The van der Waals surface area contributed by atoms with Gasteiger partial charge in [-0.3, -0.25) is 37.3 Å². The molecule has 0 aromatic heterocycles. The number of aliphatic hydroxyl groups is 1. The van der Waals surface area contributed by atoms with Crippen molar-refractivity contribution >= 4 is 39.5 Å². The molecule has 0 saturated carbocycles. The molecular weight excluding hydrogens is 1390 g/mol. The molecule has 0 spiro atoms. The van der Waals surface area contributed by atoms with E-state index in [4.69, 9.17) is 37.0 Å². The maximum Gasteiger partial charge on any atom is 0.472 e. The van der Waals surface area contributed by atoms with Crippen LogP contribution in [-0.4, -0.2) is 96.7 Å². The number of carbonyl (C=O) groups excluding carboxylic acids is 4. The van der Waals surface area contributed by atoms with Gasteiger partial charge in [-0.2, -0.15) is 0 Å². The molecule has 2 unspecified atom stereocenters. The predicted octanol–water partition coefficient (Wildman–Crippen LogP) is 27.2. The van der Waals surface area contributed by atoms with Gasteiger partial charge in [-0.1, -0.05) is 426 Å². The van der Waals surface area contributed by atoms with E-state index in [1.54, 1.807) is 0 Å². The van der Waals surface area contributed by atoms with Crippen LogP contribution in [0.3, 0.4) is 0 Å². The molecule has 19 heteroatoms. The third-order valence-electron chi connectivity index (χ3n) is 20.8. The highest BCUT2D eigenvalue weighted by Gasteiger charge is 2.30. The first kappa shape index (κ1) is 105. The Kier molecular flexibility index (Phi) is 79.2. The number of phosphoric ester groups is 2. The van der Waals surface area contributed by atoms with Crippen LogP contribution in [0.25, 0.3) is 0 Å². The van der Waals surface area contributed by atoms with E-state index < -0.39 is 97.5 Å². The normalized spacial score (nSPS) is 13.7. The van der Waals surface area contributed by atoms with Gasteiger partial charge >= 0.3 is 39.5 Å². The third kappa shape index (κ3) is 81.9. The quantitative estimate of drug-likeness (QED) is 0.0222. The maximum atomic E-state index is 13.2. The molecule has 17 nitrogen and oxygen atoms in total. The number of phosphoric acid groups is 2. The Balaban J connectivity index is 5.17. The highest BCUT2D eigenvalue weighted by atomic mass is 31.2. The first-order valence-corrected chi connectivity index (χ1v) is 48.6. The summed E-state index contributed by atoms with van der Waals surface area (Å²) >= 11 is 0. The molecule has 3 N–H and O–H groups in total. The molecule has 107 heavy (non-hydrogen) atoms. The average molecular weight is 1560 g/mol. The Morgan fingerprint density at radius 3 is 0.636 bits per heavy atom. The molecule has 636 valence electrons. The van der Waals surface area contributed by atoms with E-state index in [0.717, 1.165) is 95.8 Å². The van der Waals surface area contributed by atoms with Crippen LogP contribution < -0.4 is 0 Å². The van der Waals surface area contributed by atoms with Crippen LogP contribution in [0, 0.1) is 5.92 Å². The lowest BCUT2D eigenvalue weighted by atomic mass is 10.0. The van der Waals surface area contributed by atoms with Crippen LogP contribution in [-0.2, 0) is 65.4 Å². The average Bonchev–Trinajstić information content (AvgIpc) is 0.899. The smallest absolute Gasteiger partial charge is 0.462 e. The number of unbranched alkanes of at least 4 members (excludes halogenated alkanes) is 60. The van der Waals surface area contributed by atoms with E-state index >= 15 is 0 Å². The summed E-state index contributed by atoms with van der Waals surface area (Å²) in [4.78, 5) is 73.2. The third-order valence-corrected chi connectivity index (χ3v) is 22.7. The van der Waals surface area contributed by atoms with E-state index in [1.807, 2.05) is 0 Å². The maximum absolute atomic E-state index is 13.2. The zero-order valence-corrected chi connectivity index (χ0v) is 72.1. The Bertz CT molecular complexity index is 2030. The van der Waals surface area contributed by atoms with Crippen molar-refractivity contribution in [3.8, 4) is 0 Å². The Morgan fingerprint density at radius 1 is 0.252 bits per heavy atom. The molecule has 0 aromatic carbocycles. The lowest BCUT2D eigenvalue weighted by Gasteiger charge is -2.21. The summed E-state index contributed by atoms with van der Waals surface area (Å²) < 4.78 is 68.9. The first-order chi connectivity index (χ1) is 52.0. The van der Waals surface area contributed by atoms with Crippen LogP contribution in [0.15, 0.2) is 0 Å². The summed E-state index contributed by atoms with van der Waals surface area (Å²) in [6, 6.07) is 0. The number of aliphatic hydroxyl groups excluding tert-OH is 1. The molecule has 0 saturated heterocycles. The van der Waals surface area contributed by atoms with Crippen molar-refractivity contribution in [2.24, 2.45) is 5.92 Å². The monoisotopic (exact) mass is 1560 g/mol. The van der Waals surface area contributed by atoms with E-state index in [-0.39, 0.29) is 25.7 Å². The Hall–Kier alpha value is -1.94. The summed E-state index contributed by atoms with van der Waals surface area (Å²) in [6.45, 7) is 7.38. The van der Waals surface area contributed by atoms with Gasteiger partial charge in [-0.15, -0.1) is 0 Å². The van der Waals surface area contributed by atoms with Gasteiger partial charge in [0, 0.05) is 25.7 Å². The minimum Gasteiger partial charge on any atom is -0.462 e. The number of ether oxygens (including phenoxy) is 4. The molecule has 0 heterocycles. The highest BCUT2D eigenvalue weighted by molar-refractivity contribution is 7.47. The van der Waals surface area contributed by atoms with Crippen molar-refractivity contribution in [1.29, 1.82) is 0 Å². The molecule has 0 aliphatic heterocycles. The standard InChI is InChI=1S/C88H172O17P2/c1-6-9-12-15-18-21-23-25-27-29-30-31-32-33-38-42-46-50-54-59-64-69-74-88(93)105-84(78-99-86(91)72-67-62-57-52-48-44-41-37-35-34-36-39-43-47-51-55-60-65-70-81(4)5)80-103-107(96,97)101-76-82(89)75-100-106(94,95)102-79-83(77-98-85(90)71-66-61-56-20-17-14-11-8-3)104-87(92)73-68-63-58-53-49-45-40-28-26-24-22-19-16-13-10-7-2/h81-84,89H,6-80H2,1-5H3,(H,94,95)(H,96,97)/t82-,83+,84+/m0/s1. The molecule has 0 aliphatic rings. The van der Waals surface area contributed by atoms with Crippen LogP contribution in [0.4, 0.5) is 0 Å². The zero-order valence-electron chi connectivity index (χ0n) is 70.3. The molecule has 0 amide bonds. The number of hydrogen-bond acceptors (Lipinski definition) is 15. The summed E-state index contributed by atoms with van der Waals surface area (Å²) in [5.74, 6) is -1.28. The van der Waals surface area contributed by atoms with E-state index in [0.29, 0.717) is 25.7 Å². The first-order valence-electron chi connectivity index (χ1n) is 45.6. The zero-order chi connectivity index (χ0) is 78.3. The minimum atomic E-state index is -4.97. The molecule has 0 aliphatic carbocycles. The van der Waals surface area contributed by atoms with E-state index in [1.165, 1.54) is 302 Å². The van der Waals surface area contributed by atoms with Crippen molar-refractivity contribution in [1.82, 2.24) is 0 Å². The van der Waals surface area contributed by atoms with Gasteiger partial charge in [0.15, 0.2) is 12.2 Å². The van der Waals surface area contributed by atoms with Crippen molar-refractivity contribution < 1.29 is 80.2 Å². The Labute approximate surface area is 658 Å². The van der Waals surface area contributed by atoms with Gasteiger partial charge in [-0.05, 0) is 31.6 Å². The number of hydrogen-bond donors (Lipinski definition) is 3. The van der Waals surface area contributed by atoms with Gasteiger partial charge in [0.1, 0.15) is 19.3 Å². The SMILES string of the molecule is CCCCCCCCCCCCCCCCCCCCCCCCC(=O)O[C@H](COC(=O)CCCCCCCCCCCCCCCCCCCCC(C)C)COP(=O)(O)OC[C@@H](O)COP(=O)(O)OC[C@@H](COC(=O)CCCCCCCCCC)OC(=O)CCCCCCCCCCCCCCCCCC. The van der Waals surface area contributed by atoms with Gasteiger partial charge in [0.2, 0.25) is 0 Å².